The normalized spacial score (nSPS) is 24.9. The summed E-state index contributed by atoms with van der Waals surface area (Å²) in [4.78, 5) is 49.2. The van der Waals surface area contributed by atoms with Crippen LogP contribution in [0, 0.1) is 17.8 Å². The number of benzene rings is 4. The maximum atomic E-state index is 14.6. The van der Waals surface area contributed by atoms with E-state index in [1.54, 1.807) is 10.6 Å². The number of rotatable bonds is 2. The SMILES string of the molecule is CC(C)[C@H]1N[C@@]2(c3ccccc3-n3c2nc2ccccc2c3=O)[C@H]2C(=O)N(c3ccc4ccccc4c3)C(=O)[C@@H]12. The van der Waals surface area contributed by atoms with E-state index in [9.17, 15) is 14.4 Å². The Morgan fingerprint density at radius 1 is 0.825 bits per heavy atom. The molecule has 2 saturated heterocycles. The second-order valence-corrected chi connectivity index (χ2v) is 11.4. The Morgan fingerprint density at radius 3 is 2.38 bits per heavy atom. The van der Waals surface area contributed by atoms with Crippen molar-refractivity contribution in [1.29, 1.82) is 0 Å². The summed E-state index contributed by atoms with van der Waals surface area (Å²) in [5.41, 5.74) is 1.32. The monoisotopic (exact) mass is 526 g/mol. The molecular weight excluding hydrogens is 500 g/mol. The molecule has 0 radical (unpaired) electrons. The number of fused-ring (bicyclic) bond motifs is 9. The topological polar surface area (TPSA) is 84.3 Å². The third-order valence-electron chi connectivity index (χ3n) is 9.01. The Labute approximate surface area is 230 Å². The fraction of sp³-hybridized carbons (Fsp3) is 0.212. The number of hydrogen-bond donors (Lipinski definition) is 1. The molecule has 0 unspecified atom stereocenters. The van der Waals surface area contributed by atoms with E-state index in [0.29, 0.717) is 28.1 Å². The van der Waals surface area contributed by atoms with Crippen LogP contribution in [0.5, 0.6) is 0 Å². The van der Waals surface area contributed by atoms with Crippen molar-refractivity contribution < 1.29 is 9.59 Å². The third kappa shape index (κ3) is 2.77. The van der Waals surface area contributed by atoms with Gasteiger partial charge in [-0.2, -0.15) is 0 Å². The summed E-state index contributed by atoms with van der Waals surface area (Å²) in [6.45, 7) is 4.12. The molecule has 4 atom stereocenters. The van der Waals surface area contributed by atoms with Gasteiger partial charge in [-0.1, -0.05) is 74.5 Å². The quantitative estimate of drug-likeness (QED) is 0.342. The zero-order valence-electron chi connectivity index (χ0n) is 22.0. The molecule has 40 heavy (non-hydrogen) atoms. The van der Waals surface area contributed by atoms with E-state index in [2.05, 4.69) is 19.2 Å². The number of nitrogens with zero attached hydrogens (tertiary/aromatic N) is 3. The van der Waals surface area contributed by atoms with Crippen LogP contribution in [-0.4, -0.2) is 27.4 Å². The van der Waals surface area contributed by atoms with Crippen molar-refractivity contribution in [3.05, 3.63) is 113 Å². The Bertz CT molecular complexity index is 1980. The molecule has 3 aliphatic heterocycles. The van der Waals surface area contributed by atoms with Crippen molar-refractivity contribution in [3.8, 4) is 5.69 Å². The van der Waals surface area contributed by atoms with Crippen molar-refractivity contribution >= 4 is 39.2 Å². The third-order valence-corrected chi connectivity index (χ3v) is 9.01. The molecule has 7 nitrogen and oxygen atoms in total. The summed E-state index contributed by atoms with van der Waals surface area (Å²) < 4.78 is 1.64. The van der Waals surface area contributed by atoms with Gasteiger partial charge in [0.25, 0.3) is 5.56 Å². The van der Waals surface area contributed by atoms with Crippen LogP contribution in [0.25, 0.3) is 27.4 Å². The number of aromatic nitrogens is 2. The fourth-order valence-electron chi connectivity index (χ4n) is 7.29. The molecule has 0 saturated carbocycles. The first-order chi connectivity index (χ1) is 19.4. The van der Waals surface area contributed by atoms with Gasteiger partial charge in [-0.05, 0) is 47.0 Å². The highest BCUT2D eigenvalue weighted by atomic mass is 16.2. The minimum absolute atomic E-state index is 0.0496. The van der Waals surface area contributed by atoms with Gasteiger partial charge in [0.2, 0.25) is 11.8 Å². The summed E-state index contributed by atoms with van der Waals surface area (Å²) in [6.07, 6.45) is 0. The molecule has 2 amide bonds. The van der Waals surface area contributed by atoms with Crippen LogP contribution in [0.15, 0.2) is 95.8 Å². The first kappa shape index (κ1) is 23.3. The lowest BCUT2D eigenvalue weighted by atomic mass is 9.75. The van der Waals surface area contributed by atoms with Gasteiger partial charge in [0.15, 0.2) is 0 Å². The predicted octanol–water partition coefficient (Wildman–Crippen LogP) is 4.53. The van der Waals surface area contributed by atoms with E-state index >= 15 is 0 Å². The maximum Gasteiger partial charge on any atom is 0.266 e. The Hall–Kier alpha value is -4.62. The van der Waals surface area contributed by atoms with Crippen LogP contribution in [0.3, 0.4) is 0 Å². The second kappa shape index (κ2) is 7.96. The summed E-state index contributed by atoms with van der Waals surface area (Å²) >= 11 is 0. The van der Waals surface area contributed by atoms with Crippen molar-refractivity contribution in [2.45, 2.75) is 25.4 Å². The molecule has 8 rings (SSSR count). The molecule has 5 aromatic rings. The highest BCUT2D eigenvalue weighted by Gasteiger charge is 2.70. The van der Waals surface area contributed by atoms with E-state index in [4.69, 9.17) is 4.98 Å². The highest BCUT2D eigenvalue weighted by Crippen LogP contribution is 2.56. The van der Waals surface area contributed by atoms with Gasteiger partial charge < -0.3 is 0 Å². The Balaban J connectivity index is 1.40. The lowest BCUT2D eigenvalue weighted by Crippen LogP contribution is -2.51. The maximum absolute atomic E-state index is 14.6. The van der Waals surface area contributed by atoms with Crippen molar-refractivity contribution in [2.75, 3.05) is 4.90 Å². The minimum Gasteiger partial charge on any atom is -0.296 e. The number of nitrogens with one attached hydrogen (secondary N) is 1. The molecule has 4 heterocycles. The van der Waals surface area contributed by atoms with Crippen LogP contribution < -0.4 is 15.8 Å². The van der Waals surface area contributed by atoms with Crippen molar-refractivity contribution in [1.82, 2.24) is 14.9 Å². The molecule has 7 heteroatoms. The van der Waals surface area contributed by atoms with Gasteiger partial charge in [-0.3, -0.25) is 24.3 Å². The van der Waals surface area contributed by atoms with Gasteiger partial charge in [-0.15, -0.1) is 0 Å². The molecule has 0 aliphatic carbocycles. The lowest BCUT2D eigenvalue weighted by Gasteiger charge is -2.32. The number of hydrogen-bond acceptors (Lipinski definition) is 5. The molecule has 2 fully saturated rings. The average molecular weight is 527 g/mol. The summed E-state index contributed by atoms with van der Waals surface area (Å²) in [6, 6.07) is 28.2. The molecule has 3 aliphatic rings. The smallest absolute Gasteiger partial charge is 0.266 e. The van der Waals surface area contributed by atoms with E-state index < -0.39 is 17.4 Å². The number of carbonyl (C=O) groups excluding carboxylic acids is 2. The van der Waals surface area contributed by atoms with Crippen LogP contribution in [0.4, 0.5) is 5.69 Å². The standard InChI is InChI=1S/C33H26N4O3/c1-18(2)28-26-27(31(40)36(30(26)39)21-16-15-19-9-3-4-10-20(19)17-21)33(35-28)23-12-6-8-14-25(23)37-29(38)22-11-5-7-13-24(22)34-32(33)37/h3-18,26-28,35H,1-2H3/t26-,27-,28-,33+/m1/s1. The number of anilines is 1. The number of imide groups is 1. The van der Waals surface area contributed by atoms with E-state index in [-0.39, 0.29) is 29.3 Å². The number of carbonyl (C=O) groups is 2. The van der Waals surface area contributed by atoms with E-state index in [1.165, 1.54) is 4.90 Å². The zero-order chi connectivity index (χ0) is 27.3. The predicted molar refractivity (Wildman–Crippen MR) is 153 cm³/mol. The van der Waals surface area contributed by atoms with Crippen LogP contribution in [0.1, 0.15) is 25.2 Å². The van der Waals surface area contributed by atoms with Gasteiger partial charge in [0.1, 0.15) is 11.4 Å². The molecule has 0 bridgehead atoms. The first-order valence-corrected chi connectivity index (χ1v) is 13.7. The molecule has 1 N–H and O–H groups in total. The van der Waals surface area contributed by atoms with Crippen LogP contribution >= 0.6 is 0 Å². The first-order valence-electron chi connectivity index (χ1n) is 13.7. The van der Waals surface area contributed by atoms with Gasteiger partial charge in [0, 0.05) is 11.6 Å². The van der Waals surface area contributed by atoms with E-state index in [1.807, 2.05) is 84.9 Å². The zero-order valence-corrected chi connectivity index (χ0v) is 22.0. The second-order valence-electron chi connectivity index (χ2n) is 11.4. The molecule has 4 aromatic carbocycles. The summed E-state index contributed by atoms with van der Waals surface area (Å²) in [5.74, 6) is -1.34. The molecular formula is C33H26N4O3. The molecule has 1 spiro atoms. The Kier molecular flexibility index (Phi) is 4.63. The van der Waals surface area contributed by atoms with Crippen LogP contribution in [0.2, 0.25) is 0 Å². The molecule has 196 valence electrons. The fourth-order valence-corrected chi connectivity index (χ4v) is 7.29. The lowest BCUT2D eigenvalue weighted by molar-refractivity contribution is -0.123. The van der Waals surface area contributed by atoms with E-state index in [0.717, 1.165) is 16.3 Å². The summed E-state index contributed by atoms with van der Waals surface area (Å²) in [5, 5.41) is 6.26. The number of para-hydroxylation sites is 2. The van der Waals surface area contributed by atoms with Gasteiger partial charge >= 0.3 is 0 Å². The van der Waals surface area contributed by atoms with Crippen molar-refractivity contribution in [3.63, 3.8) is 0 Å². The van der Waals surface area contributed by atoms with Crippen LogP contribution in [-0.2, 0) is 15.1 Å². The largest absolute Gasteiger partial charge is 0.296 e. The Morgan fingerprint density at radius 2 is 1.55 bits per heavy atom. The van der Waals surface area contributed by atoms with Gasteiger partial charge in [0.05, 0.1) is 34.1 Å². The average Bonchev–Trinajstić information content (AvgIpc) is 3.56. The highest BCUT2D eigenvalue weighted by molar-refractivity contribution is 6.23. The van der Waals surface area contributed by atoms with Gasteiger partial charge in [-0.25, -0.2) is 9.88 Å². The minimum atomic E-state index is -1.13. The number of amides is 2. The van der Waals surface area contributed by atoms with Crippen molar-refractivity contribution in [2.24, 2.45) is 17.8 Å². The summed E-state index contributed by atoms with van der Waals surface area (Å²) in [7, 11) is 0. The molecule has 1 aromatic heterocycles.